The highest BCUT2D eigenvalue weighted by atomic mass is 35.5. The van der Waals surface area contributed by atoms with Crippen molar-refractivity contribution in [3.05, 3.63) is 69.6 Å². The molecule has 0 saturated carbocycles. The Morgan fingerprint density at radius 3 is 2.48 bits per heavy atom. The number of fused-ring (bicyclic) bond motifs is 1. The van der Waals surface area contributed by atoms with Crippen LogP contribution in [0.1, 0.15) is 11.5 Å². The number of aromatic amines is 1. The zero-order valence-electron chi connectivity index (χ0n) is 13.6. The SMILES string of the molecule is Cc1noc(C)c1-c1c(-c2ccncc2)c2cc(Cl)ccc2[nH]c1=O. The summed E-state index contributed by atoms with van der Waals surface area (Å²) in [6.45, 7) is 3.62. The van der Waals surface area contributed by atoms with E-state index in [1.165, 1.54) is 0 Å². The third-order valence-electron chi connectivity index (χ3n) is 4.23. The maximum absolute atomic E-state index is 12.9. The zero-order chi connectivity index (χ0) is 17.6. The van der Waals surface area contributed by atoms with E-state index in [1.54, 1.807) is 31.5 Å². The minimum absolute atomic E-state index is 0.198. The van der Waals surface area contributed by atoms with E-state index >= 15 is 0 Å². The number of rotatable bonds is 2. The summed E-state index contributed by atoms with van der Waals surface area (Å²) in [5.74, 6) is 0.597. The standard InChI is InChI=1S/C19H14ClN3O2/c1-10-16(11(2)25-23-10)18-17(12-5-7-21-8-6-12)14-9-13(20)3-4-15(14)22-19(18)24/h3-9H,1-2H3,(H,22,24). The van der Waals surface area contributed by atoms with Crippen molar-refractivity contribution in [1.29, 1.82) is 0 Å². The molecule has 0 aliphatic carbocycles. The highest BCUT2D eigenvalue weighted by Crippen LogP contribution is 2.38. The van der Waals surface area contributed by atoms with E-state index in [0.29, 0.717) is 27.6 Å². The molecule has 0 spiro atoms. The molecule has 0 fully saturated rings. The molecule has 1 aromatic carbocycles. The number of nitrogens with zero attached hydrogens (tertiary/aromatic N) is 2. The largest absolute Gasteiger partial charge is 0.361 e. The second-order valence-corrected chi connectivity index (χ2v) is 6.27. The van der Waals surface area contributed by atoms with Gasteiger partial charge in [-0.25, -0.2) is 0 Å². The molecule has 3 aromatic heterocycles. The second-order valence-electron chi connectivity index (χ2n) is 5.83. The Balaban J connectivity index is 2.23. The van der Waals surface area contributed by atoms with Crippen molar-refractivity contribution in [2.45, 2.75) is 13.8 Å². The van der Waals surface area contributed by atoms with Crippen LogP contribution in [0.4, 0.5) is 0 Å². The van der Waals surface area contributed by atoms with Crippen LogP contribution < -0.4 is 5.56 Å². The predicted molar refractivity (Wildman–Crippen MR) is 97.8 cm³/mol. The molecule has 0 atom stereocenters. The number of aryl methyl sites for hydroxylation is 2. The minimum Gasteiger partial charge on any atom is -0.361 e. The Labute approximate surface area is 148 Å². The van der Waals surface area contributed by atoms with Gasteiger partial charge >= 0.3 is 0 Å². The van der Waals surface area contributed by atoms with E-state index in [0.717, 1.165) is 22.0 Å². The van der Waals surface area contributed by atoms with E-state index < -0.39 is 0 Å². The maximum Gasteiger partial charge on any atom is 0.257 e. The molecule has 0 unspecified atom stereocenters. The van der Waals surface area contributed by atoms with E-state index in [9.17, 15) is 4.79 Å². The predicted octanol–water partition coefficient (Wildman–Crippen LogP) is 4.52. The minimum atomic E-state index is -0.198. The van der Waals surface area contributed by atoms with Gasteiger partial charge in [-0.15, -0.1) is 0 Å². The molecule has 3 heterocycles. The van der Waals surface area contributed by atoms with Crippen LogP contribution in [0, 0.1) is 13.8 Å². The quantitative estimate of drug-likeness (QED) is 0.576. The molecule has 0 bridgehead atoms. The van der Waals surface area contributed by atoms with Crippen molar-refractivity contribution in [3.8, 4) is 22.3 Å². The molecule has 4 aromatic rings. The molecule has 4 rings (SSSR count). The van der Waals surface area contributed by atoms with Gasteiger partial charge in [0.1, 0.15) is 5.76 Å². The number of hydrogen-bond acceptors (Lipinski definition) is 4. The number of aromatic nitrogens is 3. The lowest BCUT2D eigenvalue weighted by atomic mass is 9.92. The van der Waals surface area contributed by atoms with E-state index in [4.69, 9.17) is 16.1 Å². The first-order valence-electron chi connectivity index (χ1n) is 7.75. The molecule has 0 saturated heterocycles. The van der Waals surface area contributed by atoms with Crippen molar-refractivity contribution < 1.29 is 4.52 Å². The smallest absolute Gasteiger partial charge is 0.257 e. The molecule has 124 valence electrons. The van der Waals surface area contributed by atoms with Gasteiger partial charge in [0, 0.05) is 33.9 Å². The van der Waals surface area contributed by atoms with Crippen LogP contribution in [-0.2, 0) is 0 Å². The fourth-order valence-electron chi connectivity index (χ4n) is 3.16. The van der Waals surface area contributed by atoms with Crippen molar-refractivity contribution in [3.63, 3.8) is 0 Å². The lowest BCUT2D eigenvalue weighted by Gasteiger charge is -2.13. The Kier molecular flexibility index (Phi) is 3.66. The fraction of sp³-hybridized carbons (Fsp3) is 0.105. The van der Waals surface area contributed by atoms with Gasteiger partial charge in [-0.3, -0.25) is 9.78 Å². The Bertz CT molecular complexity index is 1130. The molecule has 0 aliphatic rings. The van der Waals surface area contributed by atoms with Crippen molar-refractivity contribution >= 4 is 22.5 Å². The number of nitrogens with one attached hydrogen (secondary N) is 1. The highest BCUT2D eigenvalue weighted by Gasteiger charge is 2.22. The van der Waals surface area contributed by atoms with Gasteiger partial charge in [0.25, 0.3) is 5.56 Å². The van der Waals surface area contributed by atoms with Gasteiger partial charge in [0.15, 0.2) is 0 Å². The van der Waals surface area contributed by atoms with Gasteiger partial charge in [0.2, 0.25) is 0 Å². The summed E-state index contributed by atoms with van der Waals surface area (Å²) in [6, 6.07) is 9.16. The van der Waals surface area contributed by atoms with E-state index in [1.807, 2.05) is 25.1 Å². The Morgan fingerprint density at radius 2 is 1.80 bits per heavy atom. The Hall–Kier alpha value is -2.92. The van der Waals surface area contributed by atoms with Gasteiger partial charge in [0.05, 0.1) is 16.8 Å². The molecule has 0 aliphatic heterocycles. The summed E-state index contributed by atoms with van der Waals surface area (Å²) >= 11 is 6.22. The van der Waals surface area contributed by atoms with Crippen LogP contribution in [0.25, 0.3) is 33.2 Å². The average molecular weight is 352 g/mol. The summed E-state index contributed by atoms with van der Waals surface area (Å²) in [5, 5.41) is 5.45. The average Bonchev–Trinajstić information content (AvgIpc) is 2.93. The molecule has 6 heteroatoms. The summed E-state index contributed by atoms with van der Waals surface area (Å²) in [5.41, 5.74) is 4.08. The first-order valence-corrected chi connectivity index (χ1v) is 8.13. The van der Waals surface area contributed by atoms with Crippen molar-refractivity contribution in [2.24, 2.45) is 0 Å². The number of hydrogen-bond donors (Lipinski definition) is 1. The Morgan fingerprint density at radius 1 is 1.04 bits per heavy atom. The molecular formula is C19H14ClN3O2. The normalized spacial score (nSPS) is 11.2. The monoisotopic (exact) mass is 351 g/mol. The third-order valence-corrected chi connectivity index (χ3v) is 4.46. The summed E-state index contributed by atoms with van der Waals surface area (Å²) in [6.07, 6.45) is 3.40. The first-order chi connectivity index (χ1) is 12.1. The van der Waals surface area contributed by atoms with Crippen LogP contribution in [0.5, 0.6) is 0 Å². The number of pyridine rings is 2. The van der Waals surface area contributed by atoms with E-state index in [2.05, 4.69) is 15.1 Å². The summed E-state index contributed by atoms with van der Waals surface area (Å²) in [4.78, 5) is 20.0. The van der Waals surface area contributed by atoms with E-state index in [-0.39, 0.29) is 5.56 Å². The molecule has 0 amide bonds. The topological polar surface area (TPSA) is 71.8 Å². The van der Waals surface area contributed by atoms with Gasteiger partial charge in [-0.1, -0.05) is 16.8 Å². The maximum atomic E-state index is 12.9. The molecular weight excluding hydrogens is 338 g/mol. The van der Waals surface area contributed by atoms with Crippen LogP contribution in [0.3, 0.4) is 0 Å². The van der Waals surface area contributed by atoms with Crippen LogP contribution in [0.2, 0.25) is 5.02 Å². The number of benzene rings is 1. The number of H-pyrrole nitrogens is 1. The molecule has 1 N–H and O–H groups in total. The highest BCUT2D eigenvalue weighted by molar-refractivity contribution is 6.31. The van der Waals surface area contributed by atoms with Crippen LogP contribution in [-0.4, -0.2) is 15.1 Å². The van der Waals surface area contributed by atoms with Crippen LogP contribution >= 0.6 is 11.6 Å². The van der Waals surface area contributed by atoms with Crippen LogP contribution in [0.15, 0.2) is 52.0 Å². The zero-order valence-corrected chi connectivity index (χ0v) is 14.4. The molecule has 0 radical (unpaired) electrons. The molecule has 25 heavy (non-hydrogen) atoms. The van der Waals surface area contributed by atoms with Gasteiger partial charge in [-0.05, 0) is 49.7 Å². The fourth-order valence-corrected chi connectivity index (χ4v) is 3.33. The lowest BCUT2D eigenvalue weighted by molar-refractivity contribution is 0.393. The third kappa shape index (κ3) is 2.53. The summed E-state index contributed by atoms with van der Waals surface area (Å²) < 4.78 is 5.29. The summed E-state index contributed by atoms with van der Waals surface area (Å²) in [7, 11) is 0. The second kappa shape index (κ2) is 5.86. The number of halogens is 1. The lowest BCUT2D eigenvalue weighted by Crippen LogP contribution is -2.12. The van der Waals surface area contributed by atoms with Gasteiger partial charge in [-0.2, -0.15) is 0 Å². The van der Waals surface area contributed by atoms with Crippen molar-refractivity contribution in [1.82, 2.24) is 15.1 Å². The van der Waals surface area contributed by atoms with Gasteiger partial charge < -0.3 is 9.51 Å². The first kappa shape index (κ1) is 15.6. The van der Waals surface area contributed by atoms with Crippen molar-refractivity contribution in [2.75, 3.05) is 0 Å². The molecule has 5 nitrogen and oxygen atoms in total.